The number of furan rings is 1. The number of nitrogens with zero attached hydrogens (tertiary/aromatic N) is 1. The predicted molar refractivity (Wildman–Crippen MR) is 155 cm³/mol. The summed E-state index contributed by atoms with van der Waals surface area (Å²) < 4.78 is 7.21. The summed E-state index contributed by atoms with van der Waals surface area (Å²) in [6.45, 7) is 11.4. The van der Waals surface area contributed by atoms with Gasteiger partial charge >= 0.3 is 0 Å². The van der Waals surface area contributed by atoms with Gasteiger partial charge in [-0.05, 0) is 76.1 Å². The van der Waals surface area contributed by atoms with Crippen molar-refractivity contribution in [1.29, 1.82) is 0 Å². The minimum Gasteiger partial charge on any atom is -0.464 e. The van der Waals surface area contributed by atoms with Crippen LogP contribution in [0.4, 0.5) is 0 Å². The zero-order chi connectivity index (χ0) is 25.0. The van der Waals surface area contributed by atoms with Crippen LogP contribution in [0.5, 0.6) is 0 Å². The third-order valence-electron chi connectivity index (χ3n) is 6.94. The summed E-state index contributed by atoms with van der Waals surface area (Å²) in [4.78, 5) is 6.11. The zero-order valence-corrected chi connectivity index (χ0v) is 22.4. The summed E-state index contributed by atoms with van der Waals surface area (Å²) in [5.41, 5.74) is 7.06. The van der Waals surface area contributed by atoms with Gasteiger partial charge in [-0.25, -0.2) is 0 Å². The molecule has 0 aliphatic heterocycles. The normalized spacial score (nSPS) is 12.4. The second-order valence-electron chi connectivity index (χ2n) is 11.3. The molecular formula is C33H31NOS. The standard InChI is InChI=1S/C33H31NOS/c1-20(2)14-21-10-11-29-25(15-21)27(19-35-29)31-18-26-30(36-31)12-13-34-32(26)23-16-22-8-6-7-9-24(22)28(17-23)33(3,4)5/h6-13,15-20H,14H2,1-5H3. The summed E-state index contributed by atoms with van der Waals surface area (Å²) in [6, 6.07) is 24.3. The molecule has 0 aliphatic carbocycles. The minimum atomic E-state index is 0.0344. The Morgan fingerprint density at radius 1 is 0.889 bits per heavy atom. The van der Waals surface area contributed by atoms with E-state index in [1.807, 2.05) is 23.8 Å². The van der Waals surface area contributed by atoms with Crippen LogP contribution in [-0.4, -0.2) is 4.98 Å². The van der Waals surface area contributed by atoms with Crippen LogP contribution in [-0.2, 0) is 11.8 Å². The lowest BCUT2D eigenvalue weighted by Gasteiger charge is -2.22. The topological polar surface area (TPSA) is 26.0 Å². The molecule has 0 saturated carbocycles. The van der Waals surface area contributed by atoms with E-state index < -0.39 is 0 Å². The highest BCUT2D eigenvalue weighted by Crippen LogP contribution is 2.42. The van der Waals surface area contributed by atoms with E-state index in [-0.39, 0.29) is 5.41 Å². The second kappa shape index (κ2) is 8.60. The highest BCUT2D eigenvalue weighted by atomic mass is 32.1. The molecule has 6 aromatic rings. The molecule has 180 valence electrons. The van der Waals surface area contributed by atoms with Gasteiger partial charge in [-0.15, -0.1) is 11.3 Å². The largest absolute Gasteiger partial charge is 0.464 e. The monoisotopic (exact) mass is 489 g/mol. The van der Waals surface area contributed by atoms with Crippen molar-refractivity contribution in [2.45, 2.75) is 46.5 Å². The fourth-order valence-electron chi connectivity index (χ4n) is 5.26. The quantitative estimate of drug-likeness (QED) is 0.246. The van der Waals surface area contributed by atoms with Crippen LogP contribution >= 0.6 is 11.3 Å². The van der Waals surface area contributed by atoms with Crippen LogP contribution in [0.2, 0.25) is 0 Å². The number of fused-ring (bicyclic) bond motifs is 3. The maximum atomic E-state index is 5.97. The van der Waals surface area contributed by atoms with Crippen LogP contribution in [0.15, 0.2) is 83.6 Å². The second-order valence-corrected chi connectivity index (χ2v) is 12.3. The van der Waals surface area contributed by atoms with Crippen molar-refractivity contribution in [3.8, 4) is 21.7 Å². The van der Waals surface area contributed by atoms with Crippen molar-refractivity contribution in [2.75, 3.05) is 0 Å². The molecule has 0 atom stereocenters. The predicted octanol–water partition coefficient (Wildman–Crippen LogP) is 10.0. The lowest BCUT2D eigenvalue weighted by molar-refractivity contribution is 0.596. The number of hydrogen-bond donors (Lipinski definition) is 0. The first-order valence-corrected chi connectivity index (χ1v) is 13.5. The fraction of sp³-hybridized carbons (Fsp3) is 0.242. The lowest BCUT2D eigenvalue weighted by atomic mass is 9.82. The van der Waals surface area contributed by atoms with Crippen LogP contribution in [0.25, 0.3) is 53.5 Å². The van der Waals surface area contributed by atoms with Gasteiger partial charge in [0.15, 0.2) is 0 Å². The summed E-state index contributed by atoms with van der Waals surface area (Å²) in [5, 5.41) is 4.96. The van der Waals surface area contributed by atoms with Crippen molar-refractivity contribution >= 4 is 43.2 Å². The van der Waals surface area contributed by atoms with Gasteiger partial charge in [0, 0.05) is 37.7 Å². The molecule has 3 heterocycles. The Balaban J connectivity index is 1.52. The zero-order valence-electron chi connectivity index (χ0n) is 21.6. The summed E-state index contributed by atoms with van der Waals surface area (Å²) in [7, 11) is 0. The van der Waals surface area contributed by atoms with Gasteiger partial charge in [-0.3, -0.25) is 4.98 Å². The van der Waals surface area contributed by atoms with Crippen molar-refractivity contribution < 1.29 is 4.42 Å². The molecule has 3 heteroatoms. The molecule has 0 fully saturated rings. The Kier molecular flexibility index (Phi) is 5.49. The summed E-state index contributed by atoms with van der Waals surface area (Å²) in [6.07, 6.45) is 4.92. The van der Waals surface area contributed by atoms with Gasteiger partial charge in [-0.2, -0.15) is 0 Å². The number of benzene rings is 3. The summed E-state index contributed by atoms with van der Waals surface area (Å²) >= 11 is 1.81. The van der Waals surface area contributed by atoms with Crippen LogP contribution in [0, 0.1) is 5.92 Å². The van der Waals surface area contributed by atoms with E-state index in [1.54, 1.807) is 0 Å². The first-order valence-electron chi connectivity index (χ1n) is 12.7. The van der Waals surface area contributed by atoms with Crippen LogP contribution in [0.1, 0.15) is 45.7 Å². The molecule has 0 unspecified atom stereocenters. The van der Waals surface area contributed by atoms with Gasteiger partial charge in [0.1, 0.15) is 11.8 Å². The Morgan fingerprint density at radius 3 is 2.53 bits per heavy atom. The maximum Gasteiger partial charge on any atom is 0.134 e. The van der Waals surface area contributed by atoms with E-state index >= 15 is 0 Å². The lowest BCUT2D eigenvalue weighted by Crippen LogP contribution is -2.12. The molecule has 3 aromatic heterocycles. The van der Waals surface area contributed by atoms with Gasteiger partial charge < -0.3 is 4.42 Å². The van der Waals surface area contributed by atoms with Gasteiger partial charge in [0.25, 0.3) is 0 Å². The number of rotatable bonds is 4. The Bertz CT molecular complexity index is 1730. The first kappa shape index (κ1) is 23.0. The molecule has 0 saturated heterocycles. The van der Waals surface area contributed by atoms with Crippen molar-refractivity contribution in [3.63, 3.8) is 0 Å². The molecule has 36 heavy (non-hydrogen) atoms. The van der Waals surface area contributed by atoms with E-state index in [2.05, 4.69) is 101 Å². The van der Waals surface area contributed by atoms with Crippen LogP contribution < -0.4 is 0 Å². The number of pyridine rings is 1. The van der Waals surface area contributed by atoms with E-state index in [4.69, 9.17) is 9.40 Å². The summed E-state index contributed by atoms with van der Waals surface area (Å²) in [5.74, 6) is 0.621. The number of hydrogen-bond acceptors (Lipinski definition) is 3. The Morgan fingerprint density at radius 2 is 1.72 bits per heavy atom. The Hall–Kier alpha value is -3.43. The van der Waals surface area contributed by atoms with E-state index in [0.29, 0.717) is 5.92 Å². The van der Waals surface area contributed by atoms with Crippen molar-refractivity contribution in [2.24, 2.45) is 5.92 Å². The molecule has 6 rings (SSSR count). The van der Waals surface area contributed by atoms with E-state index in [0.717, 1.165) is 23.3 Å². The molecule has 0 amide bonds. The Labute approximate surface area is 216 Å². The minimum absolute atomic E-state index is 0.0344. The van der Waals surface area contributed by atoms with Gasteiger partial charge in [0.05, 0.1) is 5.69 Å². The molecule has 0 aliphatic rings. The molecule has 0 N–H and O–H groups in total. The van der Waals surface area contributed by atoms with E-state index in [9.17, 15) is 0 Å². The highest BCUT2D eigenvalue weighted by molar-refractivity contribution is 7.22. The molecule has 3 aromatic carbocycles. The molecule has 0 bridgehead atoms. The number of aromatic nitrogens is 1. The average molecular weight is 490 g/mol. The number of thiophene rings is 1. The van der Waals surface area contributed by atoms with Crippen molar-refractivity contribution in [1.82, 2.24) is 4.98 Å². The SMILES string of the molecule is CC(C)Cc1ccc2occ(-c3cc4c(-c5cc(C(C)(C)C)c6ccccc6c5)nccc4s3)c2c1. The molecule has 2 nitrogen and oxygen atoms in total. The van der Waals surface area contributed by atoms with Crippen molar-refractivity contribution in [3.05, 3.63) is 90.3 Å². The van der Waals surface area contributed by atoms with E-state index in [1.165, 1.54) is 47.8 Å². The molecule has 0 spiro atoms. The van der Waals surface area contributed by atoms with Crippen LogP contribution in [0.3, 0.4) is 0 Å². The molecule has 0 radical (unpaired) electrons. The van der Waals surface area contributed by atoms with Gasteiger partial charge in [-0.1, -0.05) is 65.0 Å². The first-order chi connectivity index (χ1) is 17.3. The van der Waals surface area contributed by atoms with Gasteiger partial charge in [0.2, 0.25) is 0 Å². The maximum absolute atomic E-state index is 5.97. The third kappa shape index (κ3) is 4.02. The fourth-order valence-corrected chi connectivity index (χ4v) is 6.34. The smallest absolute Gasteiger partial charge is 0.134 e. The highest BCUT2D eigenvalue weighted by Gasteiger charge is 2.20. The third-order valence-corrected chi connectivity index (χ3v) is 8.07. The average Bonchev–Trinajstić information content (AvgIpc) is 3.46. The molecular weight excluding hydrogens is 458 g/mol.